The first-order valence-corrected chi connectivity index (χ1v) is 7.51. The quantitative estimate of drug-likeness (QED) is 0.768. The number of carbonyl (C=O) groups is 1. The van der Waals surface area contributed by atoms with E-state index in [0.717, 1.165) is 42.3 Å². The summed E-state index contributed by atoms with van der Waals surface area (Å²) >= 11 is 0. The van der Waals surface area contributed by atoms with Crippen LogP contribution in [0.1, 0.15) is 41.0 Å². The number of amides is 1. The number of rotatable bonds is 7. The average molecular weight is 302 g/mol. The van der Waals surface area contributed by atoms with Gasteiger partial charge in [-0.3, -0.25) is 4.79 Å². The van der Waals surface area contributed by atoms with Gasteiger partial charge >= 0.3 is 0 Å². The van der Waals surface area contributed by atoms with E-state index in [2.05, 4.69) is 27.5 Å². The molecule has 2 heterocycles. The Morgan fingerprint density at radius 2 is 2.09 bits per heavy atom. The lowest BCUT2D eigenvalue weighted by atomic mass is 10.2. The highest BCUT2D eigenvalue weighted by molar-refractivity contribution is 5.92. The zero-order valence-corrected chi connectivity index (χ0v) is 13.3. The summed E-state index contributed by atoms with van der Waals surface area (Å²) in [6.45, 7) is 7.12. The Balaban J connectivity index is 1.72. The molecular formula is C16H22N4O2. The number of nitrogens with one attached hydrogen (secondary N) is 2. The summed E-state index contributed by atoms with van der Waals surface area (Å²) in [5, 5.41) is 6.09. The van der Waals surface area contributed by atoms with E-state index in [-0.39, 0.29) is 5.91 Å². The van der Waals surface area contributed by atoms with Crippen molar-refractivity contribution in [3.05, 3.63) is 41.2 Å². The first-order valence-electron chi connectivity index (χ1n) is 7.51. The fourth-order valence-corrected chi connectivity index (χ4v) is 2.09. The summed E-state index contributed by atoms with van der Waals surface area (Å²) in [5.41, 5.74) is 1.87. The molecule has 0 fully saturated rings. The van der Waals surface area contributed by atoms with Gasteiger partial charge in [0.2, 0.25) is 0 Å². The molecule has 22 heavy (non-hydrogen) atoms. The van der Waals surface area contributed by atoms with Crippen LogP contribution >= 0.6 is 0 Å². The van der Waals surface area contributed by atoms with Crippen molar-refractivity contribution in [2.45, 2.75) is 33.6 Å². The minimum Gasteiger partial charge on any atom is -0.459 e. The Hall–Kier alpha value is -2.37. The van der Waals surface area contributed by atoms with Crippen LogP contribution in [-0.4, -0.2) is 29.0 Å². The molecule has 2 rings (SSSR count). The number of hydrogen-bond acceptors (Lipinski definition) is 5. The molecule has 6 heteroatoms. The van der Waals surface area contributed by atoms with Gasteiger partial charge in [-0.15, -0.1) is 0 Å². The van der Waals surface area contributed by atoms with Crippen molar-refractivity contribution < 1.29 is 9.21 Å². The lowest BCUT2D eigenvalue weighted by molar-refractivity contribution is 0.0925. The van der Waals surface area contributed by atoms with E-state index in [0.29, 0.717) is 12.3 Å². The highest BCUT2D eigenvalue weighted by Gasteiger charge is 2.11. The van der Waals surface area contributed by atoms with E-state index < -0.39 is 0 Å². The van der Waals surface area contributed by atoms with Crippen molar-refractivity contribution in [2.75, 3.05) is 18.4 Å². The first-order chi connectivity index (χ1) is 10.6. The van der Waals surface area contributed by atoms with Crippen LogP contribution in [0.25, 0.3) is 0 Å². The molecule has 0 aliphatic carbocycles. The summed E-state index contributed by atoms with van der Waals surface area (Å²) in [4.78, 5) is 20.5. The van der Waals surface area contributed by atoms with E-state index in [1.807, 2.05) is 19.9 Å². The van der Waals surface area contributed by atoms with E-state index in [9.17, 15) is 4.79 Å². The molecule has 0 aromatic carbocycles. The Kier molecular flexibility index (Phi) is 5.52. The van der Waals surface area contributed by atoms with Crippen LogP contribution in [-0.2, 0) is 6.42 Å². The molecular weight excluding hydrogens is 280 g/mol. The van der Waals surface area contributed by atoms with Gasteiger partial charge in [-0.05, 0) is 32.8 Å². The second-order valence-electron chi connectivity index (χ2n) is 5.11. The van der Waals surface area contributed by atoms with Crippen molar-refractivity contribution in [1.29, 1.82) is 0 Å². The molecule has 0 saturated carbocycles. The van der Waals surface area contributed by atoms with Crippen LogP contribution in [0.15, 0.2) is 22.8 Å². The number of aryl methyl sites for hydroxylation is 3. The molecule has 0 aliphatic heterocycles. The Labute approximate surface area is 130 Å². The molecule has 2 aromatic heterocycles. The van der Waals surface area contributed by atoms with Crippen molar-refractivity contribution in [3.8, 4) is 0 Å². The van der Waals surface area contributed by atoms with Crippen molar-refractivity contribution >= 4 is 11.7 Å². The van der Waals surface area contributed by atoms with Gasteiger partial charge in [0.25, 0.3) is 5.91 Å². The zero-order chi connectivity index (χ0) is 15.9. The van der Waals surface area contributed by atoms with Gasteiger partial charge in [-0.2, -0.15) is 0 Å². The fourth-order valence-electron chi connectivity index (χ4n) is 2.09. The Morgan fingerprint density at radius 3 is 2.77 bits per heavy atom. The average Bonchev–Trinajstić information content (AvgIpc) is 2.92. The third kappa shape index (κ3) is 4.31. The maximum absolute atomic E-state index is 11.8. The Bertz CT molecular complexity index is 637. The van der Waals surface area contributed by atoms with Crippen LogP contribution in [0.5, 0.6) is 0 Å². The molecule has 0 atom stereocenters. The largest absolute Gasteiger partial charge is 0.459 e. The summed E-state index contributed by atoms with van der Waals surface area (Å²) in [7, 11) is 0. The van der Waals surface area contributed by atoms with Crippen molar-refractivity contribution in [2.24, 2.45) is 0 Å². The second kappa shape index (κ2) is 7.59. The molecule has 2 aromatic rings. The monoisotopic (exact) mass is 302 g/mol. The molecule has 0 unspecified atom stereocenters. The van der Waals surface area contributed by atoms with Crippen LogP contribution in [0.3, 0.4) is 0 Å². The molecule has 6 nitrogen and oxygen atoms in total. The number of nitrogens with zero attached hydrogens (tertiary/aromatic N) is 2. The molecule has 0 saturated heterocycles. The Morgan fingerprint density at radius 1 is 1.27 bits per heavy atom. The topological polar surface area (TPSA) is 80.0 Å². The summed E-state index contributed by atoms with van der Waals surface area (Å²) < 4.78 is 5.15. The highest BCUT2D eigenvalue weighted by atomic mass is 16.3. The van der Waals surface area contributed by atoms with E-state index in [4.69, 9.17) is 4.42 Å². The molecule has 1 amide bonds. The van der Waals surface area contributed by atoms with Crippen molar-refractivity contribution in [3.63, 3.8) is 0 Å². The van der Waals surface area contributed by atoms with Gasteiger partial charge in [0.05, 0.1) is 6.26 Å². The molecule has 118 valence electrons. The second-order valence-corrected chi connectivity index (χ2v) is 5.11. The minimum absolute atomic E-state index is 0.173. The molecule has 0 aliphatic rings. The van der Waals surface area contributed by atoms with E-state index >= 15 is 0 Å². The predicted molar refractivity (Wildman–Crippen MR) is 85.0 cm³/mol. The number of furan rings is 1. The van der Waals surface area contributed by atoms with Gasteiger partial charge in [-0.1, -0.05) is 6.92 Å². The normalized spacial score (nSPS) is 10.5. The first kappa shape index (κ1) is 16.0. The molecule has 0 bridgehead atoms. The van der Waals surface area contributed by atoms with E-state index in [1.54, 1.807) is 6.07 Å². The van der Waals surface area contributed by atoms with Crippen LogP contribution in [0, 0.1) is 13.8 Å². The highest BCUT2D eigenvalue weighted by Crippen LogP contribution is 2.08. The number of hydrogen-bond donors (Lipinski definition) is 2. The van der Waals surface area contributed by atoms with Gasteiger partial charge in [0.15, 0.2) is 5.76 Å². The summed E-state index contributed by atoms with van der Waals surface area (Å²) in [5.74, 6) is 1.81. The predicted octanol–water partition coefficient (Wildman–Crippen LogP) is 2.48. The molecule has 0 spiro atoms. The third-order valence-corrected chi connectivity index (χ3v) is 3.27. The van der Waals surface area contributed by atoms with Crippen LogP contribution < -0.4 is 10.6 Å². The lowest BCUT2D eigenvalue weighted by Crippen LogP contribution is -2.26. The summed E-state index contributed by atoms with van der Waals surface area (Å²) in [6, 6.07) is 3.73. The summed E-state index contributed by atoms with van der Waals surface area (Å²) in [6.07, 6.45) is 3.21. The smallest absolute Gasteiger partial charge is 0.287 e. The minimum atomic E-state index is -0.173. The SMILES string of the molecule is CCc1cc(NCCCNC(=O)c2occc2C)nc(C)n1. The lowest BCUT2D eigenvalue weighted by Gasteiger charge is -2.08. The van der Waals surface area contributed by atoms with Gasteiger partial charge in [0, 0.05) is 30.4 Å². The van der Waals surface area contributed by atoms with Gasteiger partial charge < -0.3 is 15.1 Å². The third-order valence-electron chi connectivity index (χ3n) is 3.27. The zero-order valence-electron chi connectivity index (χ0n) is 13.3. The standard InChI is InChI=1S/C16H22N4O2/c1-4-13-10-14(20-12(3)19-13)17-7-5-8-18-16(21)15-11(2)6-9-22-15/h6,9-10H,4-5,7-8H2,1-3H3,(H,18,21)(H,17,19,20). The maximum atomic E-state index is 11.8. The maximum Gasteiger partial charge on any atom is 0.287 e. The number of anilines is 1. The fraction of sp³-hybridized carbons (Fsp3) is 0.438. The van der Waals surface area contributed by atoms with Crippen molar-refractivity contribution in [1.82, 2.24) is 15.3 Å². The van der Waals surface area contributed by atoms with Gasteiger partial charge in [0.1, 0.15) is 11.6 Å². The van der Waals surface area contributed by atoms with Crippen LogP contribution in [0.4, 0.5) is 5.82 Å². The number of carbonyl (C=O) groups excluding carboxylic acids is 1. The molecule has 2 N–H and O–H groups in total. The van der Waals surface area contributed by atoms with Crippen LogP contribution in [0.2, 0.25) is 0 Å². The number of aromatic nitrogens is 2. The van der Waals surface area contributed by atoms with Gasteiger partial charge in [-0.25, -0.2) is 9.97 Å². The van der Waals surface area contributed by atoms with E-state index in [1.165, 1.54) is 6.26 Å². The molecule has 0 radical (unpaired) electrons.